The number of rotatable bonds is 5. The van der Waals surface area contributed by atoms with Crippen molar-refractivity contribution in [3.8, 4) is 0 Å². The molecule has 0 saturated heterocycles. The third kappa shape index (κ3) is 6.28. The van der Waals surface area contributed by atoms with E-state index in [2.05, 4.69) is 6.58 Å². The van der Waals surface area contributed by atoms with Crippen LogP contribution in [-0.4, -0.2) is 28.1 Å². The summed E-state index contributed by atoms with van der Waals surface area (Å²) < 4.78 is 5.36. The number of nitro benzene ring substituents is 1. The van der Waals surface area contributed by atoms with Crippen molar-refractivity contribution < 1.29 is 14.5 Å². The van der Waals surface area contributed by atoms with Crippen molar-refractivity contribution in [1.82, 2.24) is 4.90 Å². The van der Waals surface area contributed by atoms with E-state index < -0.39 is 16.6 Å². The average molecular weight is 341 g/mol. The van der Waals surface area contributed by atoms with Gasteiger partial charge in [-0.15, -0.1) is 0 Å². The molecular formula is C16H21ClN2O4. The molecule has 0 N–H and O–H groups in total. The lowest BCUT2D eigenvalue weighted by Gasteiger charge is -2.27. The molecule has 0 aromatic heterocycles. The predicted molar refractivity (Wildman–Crippen MR) is 89.6 cm³/mol. The van der Waals surface area contributed by atoms with Crippen molar-refractivity contribution in [2.75, 3.05) is 6.54 Å². The Kier molecular flexibility index (Phi) is 6.15. The molecule has 126 valence electrons. The number of halogens is 1. The van der Waals surface area contributed by atoms with Crippen LogP contribution in [0.3, 0.4) is 0 Å². The highest BCUT2D eigenvalue weighted by molar-refractivity contribution is 6.31. The van der Waals surface area contributed by atoms with Crippen LogP contribution in [-0.2, 0) is 11.3 Å². The number of carbonyl (C=O) groups is 1. The molecule has 0 aliphatic carbocycles. The number of ether oxygens (including phenoxy) is 1. The lowest BCUT2D eigenvalue weighted by Crippen LogP contribution is -2.37. The van der Waals surface area contributed by atoms with Crippen LogP contribution in [0.15, 0.2) is 30.4 Å². The highest BCUT2D eigenvalue weighted by atomic mass is 35.5. The molecule has 0 bridgehead atoms. The standard InChI is InChI=1S/C16H21ClN2O4/c1-11(2)9-18(15(20)23-16(3,4)5)10-12-8-13(19(21)22)6-7-14(12)17/h6-8H,1,9-10H2,2-5H3. The van der Waals surface area contributed by atoms with Gasteiger partial charge >= 0.3 is 6.09 Å². The summed E-state index contributed by atoms with van der Waals surface area (Å²) in [4.78, 5) is 24.1. The van der Waals surface area contributed by atoms with Gasteiger partial charge in [-0.1, -0.05) is 23.8 Å². The molecule has 1 rings (SSSR count). The van der Waals surface area contributed by atoms with Gasteiger partial charge in [0.1, 0.15) is 5.60 Å². The van der Waals surface area contributed by atoms with Crippen LogP contribution in [0, 0.1) is 10.1 Å². The molecule has 0 radical (unpaired) electrons. The lowest BCUT2D eigenvalue weighted by molar-refractivity contribution is -0.384. The third-order valence-corrected chi connectivity index (χ3v) is 3.08. The molecule has 0 atom stereocenters. The molecule has 7 heteroatoms. The Morgan fingerprint density at radius 2 is 2.04 bits per heavy atom. The van der Waals surface area contributed by atoms with Gasteiger partial charge in [-0.05, 0) is 39.3 Å². The number of carbonyl (C=O) groups excluding carboxylic acids is 1. The minimum atomic E-state index is -0.642. The van der Waals surface area contributed by atoms with Gasteiger partial charge in [0.15, 0.2) is 0 Å². The molecule has 23 heavy (non-hydrogen) atoms. The van der Waals surface area contributed by atoms with Gasteiger partial charge in [0, 0.05) is 23.7 Å². The molecule has 1 aromatic rings. The van der Waals surface area contributed by atoms with Crippen LogP contribution in [0.4, 0.5) is 10.5 Å². The number of amides is 1. The maximum atomic E-state index is 12.3. The summed E-state index contributed by atoms with van der Waals surface area (Å²) in [7, 11) is 0. The van der Waals surface area contributed by atoms with E-state index in [1.807, 2.05) is 0 Å². The monoisotopic (exact) mass is 340 g/mol. The van der Waals surface area contributed by atoms with Crippen LogP contribution in [0.1, 0.15) is 33.3 Å². The summed E-state index contributed by atoms with van der Waals surface area (Å²) in [5.74, 6) is 0. The molecule has 0 aliphatic rings. The average Bonchev–Trinajstić information content (AvgIpc) is 2.37. The summed E-state index contributed by atoms with van der Waals surface area (Å²) in [6, 6.07) is 4.13. The first kappa shape index (κ1) is 19.0. The van der Waals surface area contributed by atoms with E-state index in [9.17, 15) is 14.9 Å². The number of nitro groups is 1. The molecule has 1 aromatic carbocycles. The first-order chi connectivity index (χ1) is 10.5. The zero-order valence-electron chi connectivity index (χ0n) is 13.8. The van der Waals surface area contributed by atoms with Gasteiger partial charge < -0.3 is 4.74 Å². The maximum Gasteiger partial charge on any atom is 0.410 e. The zero-order valence-corrected chi connectivity index (χ0v) is 14.5. The van der Waals surface area contributed by atoms with E-state index in [1.165, 1.54) is 23.1 Å². The summed E-state index contributed by atoms with van der Waals surface area (Å²) in [6.45, 7) is 11.3. The fourth-order valence-corrected chi connectivity index (χ4v) is 2.02. The van der Waals surface area contributed by atoms with E-state index in [4.69, 9.17) is 16.3 Å². The van der Waals surface area contributed by atoms with Crippen molar-refractivity contribution >= 4 is 23.4 Å². The van der Waals surface area contributed by atoms with E-state index >= 15 is 0 Å². The smallest absolute Gasteiger partial charge is 0.410 e. The number of nitrogens with zero attached hydrogens (tertiary/aromatic N) is 2. The molecule has 0 heterocycles. The van der Waals surface area contributed by atoms with Crippen LogP contribution < -0.4 is 0 Å². The largest absolute Gasteiger partial charge is 0.444 e. The van der Waals surface area contributed by atoms with Crippen molar-refractivity contribution in [1.29, 1.82) is 0 Å². The minimum Gasteiger partial charge on any atom is -0.444 e. The van der Waals surface area contributed by atoms with Crippen LogP contribution in [0.25, 0.3) is 0 Å². The van der Waals surface area contributed by atoms with Gasteiger partial charge in [-0.25, -0.2) is 4.79 Å². The minimum absolute atomic E-state index is 0.0798. The van der Waals surface area contributed by atoms with Gasteiger partial charge in [0.25, 0.3) is 5.69 Å². The first-order valence-corrected chi connectivity index (χ1v) is 7.42. The Labute approximate surface area is 140 Å². The molecule has 0 fully saturated rings. The molecule has 0 spiro atoms. The second-order valence-electron chi connectivity index (χ2n) is 6.33. The van der Waals surface area contributed by atoms with Gasteiger partial charge in [0.2, 0.25) is 0 Å². The van der Waals surface area contributed by atoms with Crippen LogP contribution >= 0.6 is 11.6 Å². The van der Waals surface area contributed by atoms with Gasteiger partial charge in [0.05, 0.1) is 11.5 Å². The van der Waals surface area contributed by atoms with Crippen molar-refractivity contribution in [3.05, 3.63) is 51.1 Å². The highest BCUT2D eigenvalue weighted by Crippen LogP contribution is 2.24. The maximum absolute atomic E-state index is 12.3. The van der Waals surface area contributed by atoms with Crippen LogP contribution in [0.2, 0.25) is 5.02 Å². The zero-order chi connectivity index (χ0) is 17.8. The van der Waals surface area contributed by atoms with Crippen molar-refractivity contribution in [2.24, 2.45) is 0 Å². The third-order valence-electron chi connectivity index (χ3n) is 2.71. The normalized spacial score (nSPS) is 11.0. The van der Waals surface area contributed by atoms with Crippen molar-refractivity contribution in [2.45, 2.75) is 39.8 Å². The number of hydrogen-bond acceptors (Lipinski definition) is 4. The SMILES string of the molecule is C=C(C)CN(Cc1cc([N+](=O)[O-])ccc1Cl)C(=O)OC(C)(C)C. The lowest BCUT2D eigenvalue weighted by atomic mass is 10.1. The Morgan fingerprint density at radius 3 is 2.52 bits per heavy atom. The summed E-state index contributed by atoms with van der Waals surface area (Å²) in [5, 5.41) is 11.2. The second-order valence-corrected chi connectivity index (χ2v) is 6.73. The van der Waals surface area contributed by atoms with Crippen molar-refractivity contribution in [3.63, 3.8) is 0 Å². The van der Waals surface area contributed by atoms with E-state index in [1.54, 1.807) is 27.7 Å². The Balaban J connectivity index is 3.06. The topological polar surface area (TPSA) is 72.7 Å². The Bertz CT molecular complexity index is 623. The van der Waals surface area contributed by atoms with E-state index in [-0.39, 0.29) is 18.8 Å². The predicted octanol–water partition coefficient (Wildman–Crippen LogP) is 4.56. The molecule has 0 saturated carbocycles. The number of non-ortho nitro benzene ring substituents is 1. The Hall–Kier alpha value is -2.08. The second kappa shape index (κ2) is 7.46. The highest BCUT2D eigenvalue weighted by Gasteiger charge is 2.23. The fraction of sp³-hybridized carbons (Fsp3) is 0.438. The molecular weight excluding hydrogens is 320 g/mol. The first-order valence-electron chi connectivity index (χ1n) is 7.04. The Morgan fingerprint density at radius 1 is 1.43 bits per heavy atom. The summed E-state index contributed by atoms with van der Waals surface area (Å²) >= 11 is 6.10. The molecule has 0 aliphatic heterocycles. The van der Waals surface area contributed by atoms with Gasteiger partial charge in [-0.3, -0.25) is 15.0 Å². The summed E-state index contributed by atoms with van der Waals surface area (Å²) in [6.07, 6.45) is -0.525. The molecule has 1 amide bonds. The number of hydrogen-bond donors (Lipinski definition) is 0. The van der Waals surface area contributed by atoms with Crippen LogP contribution in [0.5, 0.6) is 0 Å². The number of benzene rings is 1. The fourth-order valence-electron chi connectivity index (χ4n) is 1.84. The van der Waals surface area contributed by atoms with E-state index in [0.29, 0.717) is 10.6 Å². The quantitative estimate of drug-likeness (QED) is 0.447. The molecule has 6 nitrogen and oxygen atoms in total. The van der Waals surface area contributed by atoms with Gasteiger partial charge in [-0.2, -0.15) is 0 Å². The summed E-state index contributed by atoms with van der Waals surface area (Å²) in [5.41, 5.74) is 0.519. The molecule has 0 unspecified atom stereocenters. The van der Waals surface area contributed by atoms with E-state index in [0.717, 1.165) is 5.57 Å².